The van der Waals surface area contributed by atoms with Crippen molar-refractivity contribution in [2.45, 2.75) is 45.4 Å². The molecule has 2 N–H and O–H groups in total. The third-order valence-electron chi connectivity index (χ3n) is 1.82. The number of hydrazine groups is 1. The number of nitrogens with one attached hydrogen (secondary N) is 2. The molecule has 0 aromatic rings. The zero-order chi connectivity index (χ0) is 9.07. The van der Waals surface area contributed by atoms with Gasteiger partial charge in [-0.25, -0.2) is 5.43 Å². The van der Waals surface area contributed by atoms with E-state index in [0.29, 0.717) is 6.41 Å². The van der Waals surface area contributed by atoms with Crippen LogP contribution in [0.15, 0.2) is 0 Å². The summed E-state index contributed by atoms with van der Waals surface area (Å²) in [5.41, 5.74) is 5.23. The largest absolute Gasteiger partial charge is 0.294 e. The van der Waals surface area contributed by atoms with E-state index in [-0.39, 0.29) is 0 Å². The van der Waals surface area contributed by atoms with E-state index in [1.54, 1.807) is 0 Å². The minimum Gasteiger partial charge on any atom is -0.294 e. The fraction of sp³-hybridized carbons (Fsp3) is 0.889. The summed E-state index contributed by atoms with van der Waals surface area (Å²) in [6.07, 6.45) is 8.37. The van der Waals surface area contributed by atoms with Gasteiger partial charge in [0.05, 0.1) is 0 Å². The summed E-state index contributed by atoms with van der Waals surface area (Å²) in [6.45, 7) is 3.10. The second kappa shape index (κ2) is 10.4. The SMILES string of the molecule is CCCCCCCCNNC=O. The highest BCUT2D eigenvalue weighted by molar-refractivity contribution is 5.44. The summed E-state index contributed by atoms with van der Waals surface area (Å²) in [5, 5.41) is 0. The Morgan fingerprint density at radius 1 is 1.08 bits per heavy atom. The smallest absolute Gasteiger partial charge is 0.221 e. The van der Waals surface area contributed by atoms with Crippen molar-refractivity contribution in [3.8, 4) is 0 Å². The quantitative estimate of drug-likeness (QED) is 0.315. The molecule has 0 aromatic heterocycles. The number of rotatable bonds is 9. The maximum Gasteiger partial charge on any atom is 0.221 e. The van der Waals surface area contributed by atoms with E-state index in [1.165, 1.54) is 32.1 Å². The first kappa shape index (κ1) is 11.4. The van der Waals surface area contributed by atoms with Crippen molar-refractivity contribution < 1.29 is 4.79 Å². The first-order valence-electron chi connectivity index (χ1n) is 4.84. The summed E-state index contributed by atoms with van der Waals surface area (Å²) >= 11 is 0. The first-order chi connectivity index (χ1) is 5.91. The van der Waals surface area contributed by atoms with Gasteiger partial charge < -0.3 is 0 Å². The van der Waals surface area contributed by atoms with E-state index in [0.717, 1.165) is 13.0 Å². The molecular weight excluding hydrogens is 152 g/mol. The molecule has 3 nitrogen and oxygen atoms in total. The number of hydrogen-bond donors (Lipinski definition) is 2. The van der Waals surface area contributed by atoms with Crippen molar-refractivity contribution in [1.29, 1.82) is 0 Å². The molecule has 0 aromatic carbocycles. The number of hydrogen-bond acceptors (Lipinski definition) is 2. The van der Waals surface area contributed by atoms with Crippen molar-refractivity contribution in [3.05, 3.63) is 0 Å². The molecule has 0 aliphatic carbocycles. The Bertz CT molecular complexity index is 96.5. The van der Waals surface area contributed by atoms with Gasteiger partial charge in [0, 0.05) is 6.54 Å². The average Bonchev–Trinajstić information content (AvgIpc) is 2.10. The van der Waals surface area contributed by atoms with Crippen LogP contribution in [0.2, 0.25) is 0 Å². The third kappa shape index (κ3) is 9.43. The molecule has 0 rings (SSSR count). The Kier molecular flexibility index (Phi) is 9.93. The predicted molar refractivity (Wildman–Crippen MR) is 50.6 cm³/mol. The van der Waals surface area contributed by atoms with Crippen molar-refractivity contribution in [1.82, 2.24) is 10.9 Å². The normalized spacial score (nSPS) is 9.75. The number of carbonyl (C=O) groups is 1. The van der Waals surface area contributed by atoms with Gasteiger partial charge in [-0.05, 0) is 6.42 Å². The molecule has 1 amide bonds. The molecule has 0 spiro atoms. The van der Waals surface area contributed by atoms with Crippen LogP contribution in [0.5, 0.6) is 0 Å². The van der Waals surface area contributed by atoms with Gasteiger partial charge in [-0.15, -0.1) is 0 Å². The molecule has 0 unspecified atom stereocenters. The standard InChI is InChI=1S/C9H20N2O/c1-2-3-4-5-6-7-8-10-11-9-12/h9-10H,2-8H2,1H3,(H,11,12). The molecule has 0 bridgehead atoms. The fourth-order valence-electron chi connectivity index (χ4n) is 1.11. The second-order valence-electron chi connectivity index (χ2n) is 2.96. The van der Waals surface area contributed by atoms with Crippen LogP contribution < -0.4 is 10.9 Å². The summed E-state index contributed by atoms with van der Waals surface area (Å²) in [5.74, 6) is 0. The van der Waals surface area contributed by atoms with E-state index in [2.05, 4.69) is 17.8 Å². The van der Waals surface area contributed by atoms with Gasteiger partial charge in [0.1, 0.15) is 0 Å². The van der Waals surface area contributed by atoms with E-state index >= 15 is 0 Å². The van der Waals surface area contributed by atoms with E-state index < -0.39 is 0 Å². The summed E-state index contributed by atoms with van der Waals surface area (Å²) in [6, 6.07) is 0. The van der Waals surface area contributed by atoms with Crippen LogP contribution in [-0.4, -0.2) is 13.0 Å². The molecule has 12 heavy (non-hydrogen) atoms. The summed E-state index contributed by atoms with van der Waals surface area (Å²) in [4.78, 5) is 9.81. The zero-order valence-corrected chi connectivity index (χ0v) is 7.94. The van der Waals surface area contributed by atoms with Crippen LogP contribution in [0.25, 0.3) is 0 Å². The van der Waals surface area contributed by atoms with Gasteiger partial charge in [-0.2, -0.15) is 0 Å². The Balaban J connectivity index is 2.77. The maximum absolute atomic E-state index is 9.81. The third-order valence-corrected chi connectivity index (χ3v) is 1.82. The lowest BCUT2D eigenvalue weighted by Gasteiger charge is -2.01. The number of amides is 1. The van der Waals surface area contributed by atoms with Gasteiger partial charge in [0.2, 0.25) is 6.41 Å². The van der Waals surface area contributed by atoms with Crippen LogP contribution >= 0.6 is 0 Å². The Morgan fingerprint density at radius 3 is 2.42 bits per heavy atom. The Labute approximate surface area is 74.9 Å². The lowest BCUT2D eigenvalue weighted by atomic mass is 10.1. The van der Waals surface area contributed by atoms with Crippen LogP contribution in [-0.2, 0) is 4.79 Å². The summed E-state index contributed by atoms with van der Waals surface area (Å²) < 4.78 is 0. The van der Waals surface area contributed by atoms with E-state index in [4.69, 9.17) is 0 Å². The highest BCUT2D eigenvalue weighted by Gasteiger charge is 1.88. The van der Waals surface area contributed by atoms with E-state index in [9.17, 15) is 4.79 Å². The molecule has 3 heteroatoms. The number of unbranched alkanes of at least 4 members (excludes halogenated alkanes) is 5. The molecule has 0 aliphatic heterocycles. The monoisotopic (exact) mass is 172 g/mol. The van der Waals surface area contributed by atoms with Gasteiger partial charge in [-0.1, -0.05) is 39.0 Å². The maximum atomic E-state index is 9.81. The van der Waals surface area contributed by atoms with Crippen LogP contribution in [0.1, 0.15) is 45.4 Å². The molecule has 0 fully saturated rings. The van der Waals surface area contributed by atoms with Gasteiger partial charge in [0.25, 0.3) is 0 Å². The molecule has 0 saturated heterocycles. The zero-order valence-electron chi connectivity index (χ0n) is 7.94. The van der Waals surface area contributed by atoms with Crippen molar-refractivity contribution >= 4 is 6.41 Å². The first-order valence-corrected chi connectivity index (χ1v) is 4.84. The Morgan fingerprint density at radius 2 is 1.75 bits per heavy atom. The molecule has 0 atom stereocenters. The summed E-state index contributed by atoms with van der Waals surface area (Å²) in [7, 11) is 0. The molecule has 0 heterocycles. The van der Waals surface area contributed by atoms with Crippen molar-refractivity contribution in [2.75, 3.05) is 6.54 Å². The van der Waals surface area contributed by atoms with Crippen molar-refractivity contribution in [3.63, 3.8) is 0 Å². The molecular formula is C9H20N2O. The highest BCUT2D eigenvalue weighted by atomic mass is 16.1. The minimum atomic E-state index is 0.664. The van der Waals surface area contributed by atoms with Crippen molar-refractivity contribution in [2.24, 2.45) is 0 Å². The number of carbonyl (C=O) groups excluding carboxylic acids is 1. The van der Waals surface area contributed by atoms with Gasteiger partial charge in [0.15, 0.2) is 0 Å². The minimum absolute atomic E-state index is 0.664. The second-order valence-corrected chi connectivity index (χ2v) is 2.96. The van der Waals surface area contributed by atoms with Crippen LogP contribution in [0.4, 0.5) is 0 Å². The average molecular weight is 172 g/mol. The lowest BCUT2D eigenvalue weighted by Crippen LogP contribution is -2.30. The molecule has 0 aliphatic rings. The molecule has 0 saturated carbocycles. The lowest BCUT2D eigenvalue weighted by molar-refractivity contribution is -0.110. The van der Waals surface area contributed by atoms with Gasteiger partial charge >= 0.3 is 0 Å². The van der Waals surface area contributed by atoms with Crippen LogP contribution in [0.3, 0.4) is 0 Å². The highest BCUT2D eigenvalue weighted by Crippen LogP contribution is 2.03. The molecule has 0 radical (unpaired) electrons. The van der Waals surface area contributed by atoms with Crippen LogP contribution in [0, 0.1) is 0 Å². The predicted octanol–water partition coefficient (Wildman–Crippen LogP) is 1.60. The van der Waals surface area contributed by atoms with E-state index in [1.807, 2.05) is 0 Å². The Hall–Kier alpha value is -0.570. The van der Waals surface area contributed by atoms with Gasteiger partial charge in [-0.3, -0.25) is 10.2 Å². The molecule has 72 valence electrons. The topological polar surface area (TPSA) is 41.1 Å². The fourth-order valence-corrected chi connectivity index (χ4v) is 1.11.